The fourth-order valence-electron chi connectivity index (χ4n) is 1.74. The predicted octanol–water partition coefficient (Wildman–Crippen LogP) is 1.59. The topological polar surface area (TPSA) is 52.3 Å². The van der Waals surface area contributed by atoms with E-state index in [1.165, 1.54) is 0 Å². The van der Waals surface area contributed by atoms with Crippen molar-refractivity contribution in [2.45, 2.75) is 6.92 Å². The molecular formula is C11H10N4O. The molecule has 0 aliphatic carbocycles. The minimum atomic E-state index is 0.562. The van der Waals surface area contributed by atoms with Gasteiger partial charge >= 0.3 is 0 Å². The van der Waals surface area contributed by atoms with Gasteiger partial charge < -0.3 is 4.74 Å². The van der Waals surface area contributed by atoms with Crippen LogP contribution >= 0.6 is 0 Å². The molecule has 3 rings (SSSR count). The molecule has 5 heteroatoms. The minimum Gasteiger partial charge on any atom is -0.480 e. The van der Waals surface area contributed by atoms with E-state index in [1.54, 1.807) is 11.6 Å². The molecule has 0 saturated heterocycles. The van der Waals surface area contributed by atoms with Gasteiger partial charge in [-0.1, -0.05) is 0 Å². The Morgan fingerprint density at radius 3 is 2.88 bits per heavy atom. The van der Waals surface area contributed by atoms with Gasteiger partial charge in [-0.3, -0.25) is 0 Å². The van der Waals surface area contributed by atoms with Crippen LogP contribution in [-0.2, 0) is 0 Å². The summed E-state index contributed by atoms with van der Waals surface area (Å²) in [7, 11) is 1.59. The maximum atomic E-state index is 5.08. The molecule has 0 radical (unpaired) electrons. The van der Waals surface area contributed by atoms with E-state index in [0.717, 1.165) is 22.2 Å². The number of aromatic nitrogens is 4. The molecule has 3 aromatic rings. The monoisotopic (exact) mass is 214 g/mol. The molecule has 16 heavy (non-hydrogen) atoms. The molecule has 0 aliphatic heterocycles. The lowest BCUT2D eigenvalue weighted by molar-refractivity contribution is 0.390. The van der Waals surface area contributed by atoms with Crippen molar-refractivity contribution in [3.63, 3.8) is 0 Å². The smallest absolute Gasteiger partial charge is 0.231 e. The lowest BCUT2D eigenvalue weighted by Gasteiger charge is -1.99. The highest BCUT2D eigenvalue weighted by Gasteiger charge is 2.06. The summed E-state index contributed by atoms with van der Waals surface area (Å²) in [5, 5.41) is 13.5. The number of aryl methyl sites for hydroxylation is 1. The molecule has 0 atom stereocenters. The Bertz CT molecular complexity index is 674. The van der Waals surface area contributed by atoms with Crippen molar-refractivity contribution in [3.8, 4) is 5.88 Å². The molecular weight excluding hydrogens is 204 g/mol. The zero-order chi connectivity index (χ0) is 11.1. The number of fused-ring (bicyclic) bond motifs is 3. The number of nitrogens with zero attached hydrogens (tertiary/aromatic N) is 4. The normalized spacial score (nSPS) is 11.1. The third-order valence-corrected chi connectivity index (χ3v) is 2.48. The molecule has 0 saturated carbocycles. The Labute approximate surface area is 91.7 Å². The maximum absolute atomic E-state index is 5.08. The third-order valence-electron chi connectivity index (χ3n) is 2.48. The summed E-state index contributed by atoms with van der Waals surface area (Å²) in [4.78, 5) is 0. The Hall–Kier alpha value is -2.17. The zero-order valence-corrected chi connectivity index (χ0v) is 9.01. The molecule has 3 aromatic heterocycles. The number of ether oxygens (including phenoxy) is 1. The highest BCUT2D eigenvalue weighted by molar-refractivity contribution is 5.83. The van der Waals surface area contributed by atoms with Crippen molar-refractivity contribution in [3.05, 3.63) is 30.0 Å². The first-order chi connectivity index (χ1) is 7.78. The standard InChI is InChI=1S/C11H10N4O/c1-7-5-8-6-9-3-4-10(16-2)14-15(9)11(8)13-12-7/h3-6H,1-2H3. The van der Waals surface area contributed by atoms with Crippen LogP contribution in [0, 0.1) is 6.92 Å². The summed E-state index contributed by atoms with van der Waals surface area (Å²) in [6.07, 6.45) is 0. The second-order valence-corrected chi connectivity index (χ2v) is 3.62. The summed E-state index contributed by atoms with van der Waals surface area (Å²) in [6, 6.07) is 7.80. The van der Waals surface area contributed by atoms with Crippen molar-refractivity contribution in [2.75, 3.05) is 7.11 Å². The summed E-state index contributed by atoms with van der Waals surface area (Å²) in [5.74, 6) is 0.562. The quantitative estimate of drug-likeness (QED) is 0.617. The van der Waals surface area contributed by atoms with Crippen molar-refractivity contribution >= 4 is 16.6 Å². The number of hydrogen-bond donors (Lipinski definition) is 0. The van der Waals surface area contributed by atoms with Gasteiger partial charge in [0, 0.05) is 11.5 Å². The lowest BCUT2D eigenvalue weighted by Crippen LogP contribution is -1.97. The van der Waals surface area contributed by atoms with E-state index in [9.17, 15) is 0 Å². The van der Waals surface area contributed by atoms with Gasteiger partial charge in [0.2, 0.25) is 5.88 Å². The molecule has 0 fully saturated rings. The van der Waals surface area contributed by atoms with E-state index < -0.39 is 0 Å². The van der Waals surface area contributed by atoms with Crippen molar-refractivity contribution < 1.29 is 4.74 Å². The summed E-state index contributed by atoms with van der Waals surface area (Å²) in [5.41, 5.74) is 2.63. The van der Waals surface area contributed by atoms with Gasteiger partial charge in [-0.2, -0.15) is 5.10 Å². The third kappa shape index (κ3) is 1.21. The van der Waals surface area contributed by atoms with Crippen LogP contribution in [0.3, 0.4) is 0 Å². The van der Waals surface area contributed by atoms with Crippen LogP contribution < -0.4 is 4.74 Å². The van der Waals surface area contributed by atoms with E-state index in [4.69, 9.17) is 4.74 Å². The minimum absolute atomic E-state index is 0.562. The summed E-state index contributed by atoms with van der Waals surface area (Å²) in [6.45, 7) is 1.92. The lowest BCUT2D eigenvalue weighted by atomic mass is 10.3. The van der Waals surface area contributed by atoms with Crippen LogP contribution in [0.1, 0.15) is 5.69 Å². The largest absolute Gasteiger partial charge is 0.480 e. The number of methoxy groups -OCH3 is 1. The first-order valence-electron chi connectivity index (χ1n) is 4.95. The molecule has 80 valence electrons. The van der Waals surface area contributed by atoms with Crippen molar-refractivity contribution in [1.82, 2.24) is 19.8 Å². The zero-order valence-electron chi connectivity index (χ0n) is 9.01. The Balaban J connectivity index is 2.42. The maximum Gasteiger partial charge on any atom is 0.231 e. The number of rotatable bonds is 1. The van der Waals surface area contributed by atoms with Crippen molar-refractivity contribution in [1.29, 1.82) is 0 Å². The highest BCUT2D eigenvalue weighted by Crippen LogP contribution is 2.19. The molecule has 0 bridgehead atoms. The van der Waals surface area contributed by atoms with Gasteiger partial charge in [0.15, 0.2) is 5.65 Å². The van der Waals surface area contributed by atoms with Gasteiger partial charge in [0.1, 0.15) is 0 Å². The van der Waals surface area contributed by atoms with E-state index >= 15 is 0 Å². The fraction of sp³-hybridized carbons (Fsp3) is 0.182. The Morgan fingerprint density at radius 2 is 2.06 bits per heavy atom. The van der Waals surface area contributed by atoms with Crippen LogP contribution in [0.5, 0.6) is 5.88 Å². The predicted molar refractivity (Wildman–Crippen MR) is 59.6 cm³/mol. The SMILES string of the molecule is COc1ccc2cc3cc(C)nnc3n2n1. The molecule has 0 spiro atoms. The molecule has 0 aliphatic rings. The molecule has 3 heterocycles. The van der Waals surface area contributed by atoms with E-state index in [1.807, 2.05) is 31.2 Å². The average Bonchev–Trinajstić information content (AvgIpc) is 2.65. The molecule has 0 aromatic carbocycles. The summed E-state index contributed by atoms with van der Waals surface area (Å²) >= 11 is 0. The Kier molecular flexibility index (Phi) is 1.80. The first kappa shape index (κ1) is 9.08. The molecule has 5 nitrogen and oxygen atoms in total. The van der Waals surface area contributed by atoms with E-state index in [-0.39, 0.29) is 0 Å². The highest BCUT2D eigenvalue weighted by atomic mass is 16.5. The molecule has 0 amide bonds. The van der Waals surface area contributed by atoms with E-state index in [0.29, 0.717) is 5.88 Å². The molecule has 0 unspecified atom stereocenters. The van der Waals surface area contributed by atoms with Gasteiger partial charge in [-0.25, -0.2) is 4.52 Å². The average molecular weight is 214 g/mol. The van der Waals surface area contributed by atoms with Gasteiger partial charge in [-0.05, 0) is 25.1 Å². The summed E-state index contributed by atoms with van der Waals surface area (Å²) < 4.78 is 6.82. The van der Waals surface area contributed by atoms with Crippen LogP contribution in [0.4, 0.5) is 0 Å². The first-order valence-corrected chi connectivity index (χ1v) is 4.95. The van der Waals surface area contributed by atoms with E-state index in [2.05, 4.69) is 15.3 Å². The van der Waals surface area contributed by atoms with Crippen LogP contribution in [-0.4, -0.2) is 26.9 Å². The van der Waals surface area contributed by atoms with Crippen molar-refractivity contribution in [2.24, 2.45) is 0 Å². The Morgan fingerprint density at radius 1 is 1.19 bits per heavy atom. The van der Waals surface area contributed by atoms with Crippen LogP contribution in [0.25, 0.3) is 16.6 Å². The number of hydrogen-bond acceptors (Lipinski definition) is 4. The molecule has 0 N–H and O–H groups in total. The van der Waals surface area contributed by atoms with Crippen LogP contribution in [0.15, 0.2) is 24.3 Å². The second kappa shape index (κ2) is 3.16. The van der Waals surface area contributed by atoms with Gasteiger partial charge in [-0.15, -0.1) is 10.2 Å². The fourth-order valence-corrected chi connectivity index (χ4v) is 1.74. The van der Waals surface area contributed by atoms with Gasteiger partial charge in [0.25, 0.3) is 0 Å². The van der Waals surface area contributed by atoms with Crippen LogP contribution in [0.2, 0.25) is 0 Å². The second-order valence-electron chi connectivity index (χ2n) is 3.62. The van der Waals surface area contributed by atoms with Gasteiger partial charge in [0.05, 0.1) is 18.3 Å².